The van der Waals surface area contributed by atoms with E-state index in [2.05, 4.69) is 10.3 Å². The van der Waals surface area contributed by atoms with Crippen LogP contribution < -0.4 is 5.32 Å². The van der Waals surface area contributed by atoms with E-state index < -0.39 is 10.8 Å². The first-order valence-electron chi connectivity index (χ1n) is 8.21. The topological polar surface area (TPSA) is 89.5 Å². The molecule has 2 aromatic heterocycles. The third kappa shape index (κ3) is 3.35. The number of anilines is 1. The van der Waals surface area contributed by atoms with E-state index in [1.165, 1.54) is 12.1 Å². The number of amides is 1. The minimum atomic E-state index is -0.620. The monoisotopic (exact) mass is 412 g/mol. The molecule has 1 amide bonds. The van der Waals surface area contributed by atoms with Gasteiger partial charge in [-0.2, -0.15) is 0 Å². The van der Waals surface area contributed by atoms with E-state index in [0.717, 1.165) is 28.0 Å². The average molecular weight is 413 g/mol. The Labute approximate surface area is 168 Å². The number of fused-ring (bicyclic) bond motifs is 1. The number of rotatable bonds is 4. The quantitative estimate of drug-likeness (QED) is 0.369. The fourth-order valence-electron chi connectivity index (χ4n) is 2.75. The molecule has 4 rings (SSSR count). The highest BCUT2D eigenvalue weighted by Gasteiger charge is 2.16. The molecule has 4 aromatic rings. The van der Waals surface area contributed by atoms with Crippen LogP contribution in [0.5, 0.6) is 0 Å². The van der Waals surface area contributed by atoms with E-state index in [1.807, 2.05) is 35.0 Å². The van der Waals surface area contributed by atoms with Crippen LogP contribution in [-0.4, -0.2) is 20.2 Å². The van der Waals surface area contributed by atoms with Crippen molar-refractivity contribution in [1.82, 2.24) is 9.38 Å². The Hall–Kier alpha value is -3.23. The smallest absolute Gasteiger partial charge is 0.288 e. The molecule has 0 saturated heterocycles. The predicted molar refractivity (Wildman–Crippen MR) is 109 cm³/mol. The van der Waals surface area contributed by atoms with Crippen LogP contribution in [0, 0.1) is 17.0 Å². The van der Waals surface area contributed by atoms with E-state index >= 15 is 0 Å². The Morgan fingerprint density at radius 1 is 1.25 bits per heavy atom. The Morgan fingerprint density at radius 2 is 2.00 bits per heavy atom. The molecule has 0 radical (unpaired) electrons. The number of nitrogens with one attached hydrogen (secondary N) is 1. The van der Waals surface area contributed by atoms with Gasteiger partial charge < -0.3 is 5.32 Å². The van der Waals surface area contributed by atoms with Crippen LogP contribution in [0.2, 0.25) is 5.02 Å². The van der Waals surface area contributed by atoms with Crippen molar-refractivity contribution in [2.24, 2.45) is 0 Å². The molecular weight excluding hydrogens is 400 g/mol. The number of nitro groups is 1. The van der Waals surface area contributed by atoms with E-state index in [1.54, 1.807) is 23.5 Å². The Bertz CT molecular complexity index is 1210. The molecule has 2 aromatic carbocycles. The molecule has 0 fully saturated rings. The van der Waals surface area contributed by atoms with Gasteiger partial charge in [0.05, 0.1) is 10.6 Å². The third-order valence-corrected chi connectivity index (χ3v) is 5.51. The van der Waals surface area contributed by atoms with Crippen molar-refractivity contribution in [2.75, 3.05) is 5.32 Å². The minimum Gasteiger partial charge on any atom is -0.322 e. The zero-order chi connectivity index (χ0) is 19.8. The number of thiazole rings is 1. The number of hydrogen-bond donors (Lipinski definition) is 1. The van der Waals surface area contributed by atoms with E-state index in [0.29, 0.717) is 5.69 Å². The summed E-state index contributed by atoms with van der Waals surface area (Å²) < 4.78 is 2.03. The van der Waals surface area contributed by atoms with Crippen molar-refractivity contribution in [2.45, 2.75) is 6.92 Å². The number of aryl methyl sites for hydroxylation is 1. The number of nitro benzene ring substituents is 1. The normalized spacial score (nSPS) is 10.9. The van der Waals surface area contributed by atoms with E-state index in [9.17, 15) is 14.9 Å². The summed E-state index contributed by atoms with van der Waals surface area (Å²) in [6.07, 6.45) is 1.97. The molecule has 0 unspecified atom stereocenters. The Balaban J connectivity index is 1.53. The highest BCUT2D eigenvalue weighted by molar-refractivity contribution is 7.15. The second-order valence-electron chi connectivity index (χ2n) is 6.11. The van der Waals surface area contributed by atoms with Crippen molar-refractivity contribution in [3.05, 3.63) is 80.4 Å². The standard InChI is InChI=1S/C19H13ClN4O3S/c1-11-10-28-19-22-16(9-23(11)19)12-2-5-14(6-3-12)21-18(25)13-4-7-15(20)17(8-13)24(26)27/h2-10H,1H3,(H,21,25). The Morgan fingerprint density at radius 3 is 2.68 bits per heavy atom. The first-order chi connectivity index (χ1) is 13.4. The van der Waals surface area contributed by atoms with Gasteiger partial charge in [0.1, 0.15) is 5.02 Å². The summed E-state index contributed by atoms with van der Waals surface area (Å²) in [5.74, 6) is -0.453. The SMILES string of the molecule is Cc1csc2nc(-c3ccc(NC(=O)c4ccc(Cl)c([N+](=O)[O-])c4)cc3)cn12. The number of aromatic nitrogens is 2. The molecule has 0 aliphatic carbocycles. The van der Waals surface area contributed by atoms with Crippen LogP contribution in [-0.2, 0) is 0 Å². The maximum Gasteiger partial charge on any atom is 0.288 e. The molecule has 140 valence electrons. The van der Waals surface area contributed by atoms with Gasteiger partial charge in [0.15, 0.2) is 4.96 Å². The molecule has 0 spiro atoms. The number of hydrogen-bond acceptors (Lipinski definition) is 5. The number of benzene rings is 2. The molecule has 28 heavy (non-hydrogen) atoms. The van der Waals surface area contributed by atoms with E-state index in [-0.39, 0.29) is 16.3 Å². The molecule has 2 heterocycles. The van der Waals surface area contributed by atoms with Crippen LogP contribution in [0.15, 0.2) is 54.0 Å². The van der Waals surface area contributed by atoms with Crippen molar-refractivity contribution < 1.29 is 9.72 Å². The largest absolute Gasteiger partial charge is 0.322 e. The maximum absolute atomic E-state index is 12.4. The van der Waals surface area contributed by atoms with Crippen LogP contribution in [0.4, 0.5) is 11.4 Å². The molecule has 7 nitrogen and oxygen atoms in total. The molecule has 0 aliphatic heterocycles. The van der Waals surface area contributed by atoms with Gasteiger partial charge in [0.2, 0.25) is 0 Å². The highest BCUT2D eigenvalue weighted by Crippen LogP contribution is 2.27. The van der Waals surface area contributed by atoms with Gasteiger partial charge in [-0.25, -0.2) is 4.98 Å². The number of imidazole rings is 1. The molecule has 0 aliphatic rings. The second-order valence-corrected chi connectivity index (χ2v) is 7.35. The average Bonchev–Trinajstić information content (AvgIpc) is 3.24. The van der Waals surface area contributed by atoms with Crippen LogP contribution in [0.1, 0.15) is 16.1 Å². The van der Waals surface area contributed by atoms with Crippen LogP contribution in [0.25, 0.3) is 16.2 Å². The minimum absolute atomic E-state index is 0.0129. The molecule has 9 heteroatoms. The second kappa shape index (κ2) is 7.06. The third-order valence-electron chi connectivity index (χ3n) is 4.23. The first-order valence-corrected chi connectivity index (χ1v) is 9.47. The number of nitrogens with zero attached hydrogens (tertiary/aromatic N) is 3. The molecule has 0 atom stereocenters. The van der Waals surface area contributed by atoms with Gasteiger partial charge >= 0.3 is 0 Å². The summed E-state index contributed by atoms with van der Waals surface area (Å²) in [7, 11) is 0. The fraction of sp³-hybridized carbons (Fsp3) is 0.0526. The van der Waals surface area contributed by atoms with Crippen molar-refractivity contribution in [3.63, 3.8) is 0 Å². The van der Waals surface area contributed by atoms with Crippen molar-refractivity contribution >= 4 is 45.2 Å². The number of carbonyl (C=O) groups excluding carboxylic acids is 1. The fourth-order valence-corrected chi connectivity index (χ4v) is 3.79. The number of carbonyl (C=O) groups is 1. The zero-order valence-corrected chi connectivity index (χ0v) is 16.1. The molecule has 1 N–H and O–H groups in total. The highest BCUT2D eigenvalue weighted by atomic mass is 35.5. The Kier molecular flexibility index (Phi) is 4.58. The lowest BCUT2D eigenvalue weighted by molar-refractivity contribution is -0.384. The lowest BCUT2D eigenvalue weighted by Gasteiger charge is -2.06. The van der Waals surface area contributed by atoms with Gasteiger partial charge in [-0.1, -0.05) is 23.7 Å². The van der Waals surface area contributed by atoms with Gasteiger partial charge in [-0.05, 0) is 31.2 Å². The van der Waals surface area contributed by atoms with Gasteiger partial charge in [-0.3, -0.25) is 19.3 Å². The van der Waals surface area contributed by atoms with Gasteiger partial charge in [0.25, 0.3) is 11.6 Å². The van der Waals surface area contributed by atoms with Gasteiger partial charge in [-0.15, -0.1) is 11.3 Å². The predicted octanol–water partition coefficient (Wildman–Crippen LogP) is 5.19. The summed E-state index contributed by atoms with van der Waals surface area (Å²) in [4.78, 5) is 28.3. The molecule has 0 bridgehead atoms. The summed E-state index contributed by atoms with van der Waals surface area (Å²) in [5, 5.41) is 15.7. The van der Waals surface area contributed by atoms with Gasteiger partial charge in [0, 0.05) is 40.2 Å². The summed E-state index contributed by atoms with van der Waals surface area (Å²) >= 11 is 7.36. The van der Waals surface area contributed by atoms with Crippen LogP contribution >= 0.6 is 22.9 Å². The lowest BCUT2D eigenvalue weighted by atomic mass is 10.1. The number of halogens is 1. The van der Waals surface area contributed by atoms with Crippen LogP contribution in [0.3, 0.4) is 0 Å². The van der Waals surface area contributed by atoms with Crippen molar-refractivity contribution in [3.8, 4) is 11.3 Å². The summed E-state index contributed by atoms with van der Waals surface area (Å²) in [6, 6.07) is 11.2. The summed E-state index contributed by atoms with van der Waals surface area (Å²) in [6.45, 7) is 2.02. The first kappa shape index (κ1) is 18.1. The maximum atomic E-state index is 12.4. The van der Waals surface area contributed by atoms with Crippen molar-refractivity contribution in [1.29, 1.82) is 0 Å². The molecule has 0 saturated carbocycles. The summed E-state index contributed by atoms with van der Waals surface area (Å²) in [5.41, 5.74) is 3.32. The molecular formula is C19H13ClN4O3S. The lowest BCUT2D eigenvalue weighted by Crippen LogP contribution is -2.12. The van der Waals surface area contributed by atoms with E-state index in [4.69, 9.17) is 11.6 Å². The zero-order valence-electron chi connectivity index (χ0n) is 14.5.